The number of hydrogen-bond donors (Lipinski definition) is 1. The molecule has 1 N–H and O–H groups in total. The van der Waals surface area contributed by atoms with E-state index in [-0.39, 0.29) is 6.54 Å². The number of aliphatic carboxylic acids is 1. The van der Waals surface area contributed by atoms with Crippen LogP contribution in [0.25, 0.3) is 0 Å². The van der Waals surface area contributed by atoms with Crippen LogP contribution < -0.4 is 0 Å². The van der Waals surface area contributed by atoms with Gasteiger partial charge in [-0.25, -0.2) is 8.42 Å². The van der Waals surface area contributed by atoms with Gasteiger partial charge in [0.15, 0.2) is 0 Å². The quantitative estimate of drug-likeness (QED) is 0.870. The zero-order valence-corrected chi connectivity index (χ0v) is 12.3. The molecule has 2 rings (SSSR count). The Labute approximate surface area is 117 Å². The molecule has 0 aromatic carbocycles. The summed E-state index contributed by atoms with van der Waals surface area (Å²) in [4.78, 5) is 11.1. The summed E-state index contributed by atoms with van der Waals surface area (Å²) in [5.74, 6) is -1.25. The van der Waals surface area contributed by atoms with Crippen molar-refractivity contribution in [3.05, 3.63) is 17.5 Å². The molecule has 0 bridgehead atoms. The van der Waals surface area contributed by atoms with E-state index in [1.807, 2.05) is 0 Å². The van der Waals surface area contributed by atoms with E-state index in [0.717, 1.165) is 4.31 Å². The van der Waals surface area contributed by atoms with Crippen molar-refractivity contribution < 1.29 is 22.8 Å². The Morgan fingerprint density at radius 3 is 2.80 bits per heavy atom. The molecule has 112 valence electrons. The molecule has 0 aliphatic heterocycles. The minimum absolute atomic E-state index is 0.0858. The third-order valence-corrected chi connectivity index (χ3v) is 5.98. The van der Waals surface area contributed by atoms with E-state index >= 15 is 0 Å². The fraction of sp³-hybridized carbons (Fsp3) is 0.667. The predicted octanol–water partition coefficient (Wildman–Crippen LogP) is 0.998. The summed E-state index contributed by atoms with van der Waals surface area (Å²) >= 11 is 0. The Balaban J connectivity index is 2.15. The van der Waals surface area contributed by atoms with Crippen LogP contribution in [0.3, 0.4) is 0 Å². The molecule has 0 amide bonds. The molecule has 0 saturated heterocycles. The Morgan fingerprint density at radius 2 is 2.25 bits per heavy atom. The first-order valence-corrected chi connectivity index (χ1v) is 7.93. The van der Waals surface area contributed by atoms with Gasteiger partial charge in [0.05, 0.1) is 23.4 Å². The van der Waals surface area contributed by atoms with Gasteiger partial charge in [0, 0.05) is 13.1 Å². The van der Waals surface area contributed by atoms with E-state index < -0.39 is 27.2 Å². The minimum Gasteiger partial charge on any atom is -0.481 e. The van der Waals surface area contributed by atoms with E-state index in [2.05, 4.69) is 5.16 Å². The summed E-state index contributed by atoms with van der Waals surface area (Å²) in [5, 5.41) is 12.0. The maximum Gasteiger partial charge on any atom is 0.307 e. The fourth-order valence-electron chi connectivity index (χ4n) is 2.61. The molecule has 20 heavy (non-hydrogen) atoms. The second kappa shape index (κ2) is 5.53. The molecule has 1 fully saturated rings. The molecule has 0 spiro atoms. The molecule has 2 atom stereocenters. The first-order valence-electron chi connectivity index (χ1n) is 6.42. The topological polar surface area (TPSA) is 101 Å². The van der Waals surface area contributed by atoms with Crippen molar-refractivity contribution in [2.45, 2.75) is 38.0 Å². The SMILES string of the molecule is Cc1cc(CN(C)S(=O)(=O)C2CCCC2C(=O)O)no1. The number of carbonyl (C=O) groups is 1. The van der Waals surface area contributed by atoms with Crippen LogP contribution in [0.2, 0.25) is 0 Å². The van der Waals surface area contributed by atoms with Crippen LogP contribution >= 0.6 is 0 Å². The highest BCUT2D eigenvalue weighted by atomic mass is 32.2. The molecule has 2 unspecified atom stereocenters. The van der Waals surface area contributed by atoms with Crippen molar-refractivity contribution in [3.63, 3.8) is 0 Å². The first-order chi connectivity index (χ1) is 9.32. The maximum atomic E-state index is 12.5. The average molecular weight is 302 g/mol. The van der Waals surface area contributed by atoms with Crippen molar-refractivity contribution >= 4 is 16.0 Å². The molecule has 1 aromatic heterocycles. The van der Waals surface area contributed by atoms with Crippen LogP contribution in [0.5, 0.6) is 0 Å². The van der Waals surface area contributed by atoms with E-state index in [1.165, 1.54) is 7.05 Å². The maximum absolute atomic E-state index is 12.5. The summed E-state index contributed by atoms with van der Waals surface area (Å²) in [5.41, 5.74) is 0.512. The highest BCUT2D eigenvalue weighted by molar-refractivity contribution is 7.89. The molecular weight excluding hydrogens is 284 g/mol. The Bertz CT molecular complexity index is 595. The lowest BCUT2D eigenvalue weighted by atomic mass is 10.1. The van der Waals surface area contributed by atoms with Gasteiger partial charge in [-0.3, -0.25) is 4.79 Å². The molecule has 1 aliphatic carbocycles. The van der Waals surface area contributed by atoms with Crippen LogP contribution in [0, 0.1) is 12.8 Å². The summed E-state index contributed by atoms with van der Waals surface area (Å²) in [6, 6.07) is 1.66. The fourth-order valence-corrected chi connectivity index (χ4v) is 4.51. The normalized spacial score (nSPS) is 23.4. The van der Waals surface area contributed by atoms with Crippen molar-refractivity contribution in [1.82, 2.24) is 9.46 Å². The summed E-state index contributed by atoms with van der Waals surface area (Å²) in [7, 11) is -2.21. The molecule has 8 heteroatoms. The smallest absolute Gasteiger partial charge is 0.307 e. The number of hydrogen-bond acceptors (Lipinski definition) is 5. The number of aryl methyl sites for hydroxylation is 1. The van der Waals surface area contributed by atoms with Crippen molar-refractivity contribution in [1.29, 1.82) is 0 Å². The lowest BCUT2D eigenvalue weighted by Gasteiger charge is -2.23. The van der Waals surface area contributed by atoms with Crippen LogP contribution in [-0.4, -0.2) is 41.3 Å². The van der Waals surface area contributed by atoms with Gasteiger partial charge in [-0.2, -0.15) is 4.31 Å². The standard InChI is InChI=1S/C12H18N2O5S/c1-8-6-9(13-19-8)7-14(2)20(17,18)11-5-3-4-10(11)12(15)16/h6,10-11H,3-5,7H2,1-2H3,(H,15,16). The number of nitrogens with zero attached hydrogens (tertiary/aromatic N) is 2. The molecule has 1 saturated carbocycles. The lowest BCUT2D eigenvalue weighted by molar-refractivity contribution is -0.141. The molecular formula is C12H18N2O5S. The van der Waals surface area contributed by atoms with Crippen molar-refractivity contribution in [2.24, 2.45) is 5.92 Å². The van der Waals surface area contributed by atoms with E-state index in [0.29, 0.717) is 30.7 Å². The van der Waals surface area contributed by atoms with Crippen LogP contribution in [-0.2, 0) is 21.4 Å². The predicted molar refractivity (Wildman–Crippen MR) is 70.4 cm³/mol. The van der Waals surface area contributed by atoms with E-state index in [4.69, 9.17) is 9.63 Å². The van der Waals surface area contributed by atoms with E-state index in [1.54, 1.807) is 13.0 Å². The van der Waals surface area contributed by atoms with Crippen LogP contribution in [0.15, 0.2) is 10.6 Å². The molecule has 1 heterocycles. The first kappa shape index (κ1) is 15.0. The van der Waals surface area contributed by atoms with Gasteiger partial charge in [0.25, 0.3) is 0 Å². The largest absolute Gasteiger partial charge is 0.481 e. The Kier molecular flexibility index (Phi) is 4.14. The highest BCUT2D eigenvalue weighted by Crippen LogP contribution is 2.33. The summed E-state index contributed by atoms with van der Waals surface area (Å²) in [6.45, 7) is 1.81. The van der Waals surface area contributed by atoms with Crippen molar-refractivity contribution in [2.75, 3.05) is 7.05 Å². The average Bonchev–Trinajstić information content (AvgIpc) is 2.98. The summed E-state index contributed by atoms with van der Waals surface area (Å²) < 4.78 is 31.0. The van der Waals surface area contributed by atoms with Crippen molar-refractivity contribution in [3.8, 4) is 0 Å². The molecule has 0 radical (unpaired) electrons. The third-order valence-electron chi connectivity index (χ3n) is 3.65. The van der Waals surface area contributed by atoms with Gasteiger partial charge in [-0.1, -0.05) is 11.6 Å². The second-order valence-electron chi connectivity index (χ2n) is 5.14. The number of rotatable bonds is 5. The zero-order chi connectivity index (χ0) is 14.9. The highest BCUT2D eigenvalue weighted by Gasteiger charge is 2.43. The molecule has 1 aliphatic rings. The van der Waals surface area contributed by atoms with Gasteiger partial charge in [0.2, 0.25) is 10.0 Å². The molecule has 7 nitrogen and oxygen atoms in total. The number of carboxylic acid groups (broad SMARTS) is 1. The van der Waals surface area contributed by atoms with Gasteiger partial charge in [-0.15, -0.1) is 0 Å². The van der Waals surface area contributed by atoms with Gasteiger partial charge in [0.1, 0.15) is 5.76 Å². The number of sulfonamides is 1. The van der Waals surface area contributed by atoms with Crippen LogP contribution in [0.4, 0.5) is 0 Å². The van der Waals surface area contributed by atoms with E-state index in [9.17, 15) is 13.2 Å². The van der Waals surface area contributed by atoms with Crippen LogP contribution in [0.1, 0.15) is 30.7 Å². The van der Waals surface area contributed by atoms with Gasteiger partial charge in [-0.05, 0) is 19.8 Å². The third kappa shape index (κ3) is 2.85. The minimum atomic E-state index is -3.65. The zero-order valence-electron chi connectivity index (χ0n) is 11.4. The van der Waals surface area contributed by atoms with Gasteiger partial charge < -0.3 is 9.63 Å². The summed E-state index contributed by atoms with van der Waals surface area (Å²) in [6.07, 6.45) is 1.43. The molecule has 1 aromatic rings. The monoisotopic (exact) mass is 302 g/mol. The second-order valence-corrected chi connectivity index (χ2v) is 7.40. The number of aromatic nitrogens is 1. The lowest BCUT2D eigenvalue weighted by Crippen LogP contribution is -2.40. The van der Waals surface area contributed by atoms with Gasteiger partial charge >= 0.3 is 5.97 Å². The number of carboxylic acids is 1. The Morgan fingerprint density at radius 1 is 1.55 bits per heavy atom. The Hall–Kier alpha value is -1.41.